The lowest BCUT2D eigenvalue weighted by Gasteiger charge is -2.33. The van der Waals surface area contributed by atoms with Gasteiger partial charge < -0.3 is 10.4 Å². The molecule has 1 aliphatic carbocycles. The molecule has 88 valence electrons. The van der Waals surface area contributed by atoms with E-state index < -0.39 is 0 Å². The molecule has 2 N–H and O–H groups in total. The molecule has 1 fully saturated rings. The van der Waals surface area contributed by atoms with Crippen molar-refractivity contribution in [3.05, 3.63) is 0 Å². The predicted molar refractivity (Wildman–Crippen MR) is 60.5 cm³/mol. The normalized spacial score (nSPS) is 19.9. The minimum atomic E-state index is 0.0795. The molecule has 0 unspecified atom stereocenters. The molecule has 0 aromatic rings. The van der Waals surface area contributed by atoms with Gasteiger partial charge in [-0.05, 0) is 24.7 Å². The Hall–Kier alpha value is -0.570. The molecule has 15 heavy (non-hydrogen) atoms. The fourth-order valence-electron chi connectivity index (χ4n) is 2.22. The number of nitrogens with one attached hydrogen (secondary N) is 1. The van der Waals surface area contributed by atoms with Gasteiger partial charge in [-0.15, -0.1) is 0 Å². The highest BCUT2D eigenvalue weighted by molar-refractivity contribution is 5.75. The van der Waals surface area contributed by atoms with Crippen molar-refractivity contribution in [1.29, 1.82) is 0 Å². The van der Waals surface area contributed by atoms with Gasteiger partial charge >= 0.3 is 0 Å². The van der Waals surface area contributed by atoms with Crippen molar-refractivity contribution in [1.82, 2.24) is 5.32 Å². The first-order valence-corrected chi connectivity index (χ1v) is 6.04. The minimum absolute atomic E-state index is 0.0795. The molecule has 3 nitrogen and oxygen atoms in total. The lowest BCUT2D eigenvalue weighted by Crippen LogP contribution is -2.36. The van der Waals surface area contributed by atoms with Crippen LogP contribution in [0.2, 0.25) is 0 Å². The van der Waals surface area contributed by atoms with Crippen LogP contribution in [-0.2, 0) is 4.79 Å². The van der Waals surface area contributed by atoms with E-state index in [2.05, 4.69) is 12.2 Å². The van der Waals surface area contributed by atoms with E-state index >= 15 is 0 Å². The summed E-state index contributed by atoms with van der Waals surface area (Å²) < 4.78 is 0. The molecular formula is C12H23NO2. The third-order valence-electron chi connectivity index (χ3n) is 3.33. The van der Waals surface area contributed by atoms with Gasteiger partial charge in [0.1, 0.15) is 0 Å². The summed E-state index contributed by atoms with van der Waals surface area (Å²) in [6, 6.07) is 0. The first kappa shape index (κ1) is 12.5. The second-order valence-corrected chi connectivity index (χ2v) is 4.98. The quantitative estimate of drug-likeness (QED) is 0.732. The Bertz CT molecular complexity index is 198. The highest BCUT2D eigenvalue weighted by Gasteiger charge is 2.26. The molecular weight excluding hydrogens is 190 g/mol. The lowest BCUT2D eigenvalue weighted by atomic mass is 9.76. The topological polar surface area (TPSA) is 49.3 Å². The zero-order valence-corrected chi connectivity index (χ0v) is 9.72. The Morgan fingerprint density at radius 2 is 2.00 bits per heavy atom. The van der Waals surface area contributed by atoms with Crippen LogP contribution in [-0.4, -0.2) is 24.2 Å². The Labute approximate surface area is 92.3 Å². The number of aliphatic hydroxyl groups is 1. The van der Waals surface area contributed by atoms with E-state index in [1.54, 1.807) is 0 Å². The summed E-state index contributed by atoms with van der Waals surface area (Å²) in [5.74, 6) is 0.0795. The Morgan fingerprint density at radius 3 is 2.60 bits per heavy atom. The second-order valence-electron chi connectivity index (χ2n) is 4.98. The van der Waals surface area contributed by atoms with Gasteiger partial charge in [0.15, 0.2) is 0 Å². The summed E-state index contributed by atoms with van der Waals surface area (Å²) in [6.07, 6.45) is 7.41. The van der Waals surface area contributed by atoms with Crippen molar-refractivity contribution in [3.63, 3.8) is 0 Å². The van der Waals surface area contributed by atoms with Crippen LogP contribution in [0.3, 0.4) is 0 Å². The van der Waals surface area contributed by atoms with Gasteiger partial charge in [-0.3, -0.25) is 4.79 Å². The molecule has 1 aliphatic rings. The third-order valence-corrected chi connectivity index (χ3v) is 3.33. The van der Waals surface area contributed by atoms with Gasteiger partial charge in [0.25, 0.3) is 0 Å². The van der Waals surface area contributed by atoms with Crippen molar-refractivity contribution in [3.8, 4) is 0 Å². The summed E-state index contributed by atoms with van der Waals surface area (Å²) in [7, 11) is 0. The third kappa shape index (κ3) is 4.65. The van der Waals surface area contributed by atoms with Crippen LogP contribution >= 0.6 is 0 Å². The average Bonchev–Trinajstić information content (AvgIpc) is 2.25. The van der Waals surface area contributed by atoms with E-state index in [9.17, 15) is 4.79 Å². The van der Waals surface area contributed by atoms with E-state index in [1.807, 2.05) is 0 Å². The number of hydrogen-bond donors (Lipinski definition) is 2. The fourth-order valence-corrected chi connectivity index (χ4v) is 2.22. The van der Waals surface area contributed by atoms with E-state index in [0.717, 1.165) is 6.54 Å². The summed E-state index contributed by atoms with van der Waals surface area (Å²) in [5, 5.41) is 11.6. The molecule has 0 spiro atoms. The van der Waals surface area contributed by atoms with Crippen LogP contribution in [0.15, 0.2) is 0 Å². The number of rotatable bonds is 5. The second kappa shape index (κ2) is 6.11. The van der Waals surface area contributed by atoms with Crippen molar-refractivity contribution in [2.45, 2.75) is 51.9 Å². The summed E-state index contributed by atoms with van der Waals surface area (Å²) in [5.41, 5.74) is 0.313. The van der Waals surface area contributed by atoms with Crippen LogP contribution in [0.1, 0.15) is 51.9 Å². The van der Waals surface area contributed by atoms with E-state index in [4.69, 9.17) is 5.11 Å². The number of aliphatic hydroxyl groups excluding tert-OH is 1. The predicted octanol–water partition coefficient (Wildman–Crippen LogP) is 1.85. The first-order chi connectivity index (χ1) is 7.16. The van der Waals surface area contributed by atoms with E-state index in [-0.39, 0.29) is 12.5 Å². The number of carbonyl (C=O) groups is 1. The summed E-state index contributed by atoms with van der Waals surface area (Å²) in [4.78, 5) is 11.4. The first-order valence-electron chi connectivity index (χ1n) is 6.04. The molecule has 0 radical (unpaired) electrons. The maximum atomic E-state index is 11.4. The maximum Gasteiger partial charge on any atom is 0.220 e. The average molecular weight is 213 g/mol. The van der Waals surface area contributed by atoms with Crippen molar-refractivity contribution < 1.29 is 9.90 Å². The molecule has 0 heterocycles. The standard InChI is InChI=1S/C12H23NO2/c1-12(7-3-2-4-8-12)10-13-11(15)6-5-9-14/h14H,2-10H2,1H3,(H,13,15). The molecule has 3 heteroatoms. The maximum absolute atomic E-state index is 11.4. The molecule has 0 aromatic carbocycles. The smallest absolute Gasteiger partial charge is 0.220 e. The molecule has 0 atom stereocenters. The van der Waals surface area contributed by atoms with Gasteiger partial charge in [0, 0.05) is 19.6 Å². The Balaban J connectivity index is 2.19. The molecule has 1 amide bonds. The van der Waals surface area contributed by atoms with E-state index in [0.29, 0.717) is 18.3 Å². The van der Waals surface area contributed by atoms with Crippen LogP contribution in [0.25, 0.3) is 0 Å². The van der Waals surface area contributed by atoms with Crippen LogP contribution < -0.4 is 5.32 Å². The largest absolute Gasteiger partial charge is 0.396 e. The number of amides is 1. The molecule has 0 aliphatic heterocycles. The Kier molecular flexibility index (Phi) is 5.09. The van der Waals surface area contributed by atoms with E-state index in [1.165, 1.54) is 32.1 Å². The SMILES string of the molecule is CC1(CNC(=O)CCCO)CCCCC1. The zero-order chi connectivity index (χ0) is 11.1. The highest BCUT2D eigenvalue weighted by atomic mass is 16.3. The fraction of sp³-hybridized carbons (Fsp3) is 0.917. The number of hydrogen-bond acceptors (Lipinski definition) is 2. The van der Waals surface area contributed by atoms with Crippen LogP contribution in [0.5, 0.6) is 0 Å². The van der Waals surface area contributed by atoms with Gasteiger partial charge in [-0.1, -0.05) is 26.2 Å². The monoisotopic (exact) mass is 213 g/mol. The van der Waals surface area contributed by atoms with Gasteiger partial charge in [-0.2, -0.15) is 0 Å². The number of carbonyl (C=O) groups excluding carboxylic acids is 1. The molecule has 0 bridgehead atoms. The molecule has 1 rings (SSSR count). The Morgan fingerprint density at radius 1 is 1.33 bits per heavy atom. The zero-order valence-electron chi connectivity index (χ0n) is 9.72. The van der Waals surface area contributed by atoms with Gasteiger partial charge in [0.05, 0.1) is 0 Å². The summed E-state index contributed by atoms with van der Waals surface area (Å²) in [6.45, 7) is 3.17. The van der Waals surface area contributed by atoms with Crippen molar-refractivity contribution in [2.75, 3.05) is 13.2 Å². The van der Waals surface area contributed by atoms with Crippen LogP contribution in [0.4, 0.5) is 0 Å². The minimum Gasteiger partial charge on any atom is -0.396 e. The highest BCUT2D eigenvalue weighted by Crippen LogP contribution is 2.34. The molecule has 0 saturated heterocycles. The van der Waals surface area contributed by atoms with Crippen molar-refractivity contribution in [2.24, 2.45) is 5.41 Å². The lowest BCUT2D eigenvalue weighted by molar-refractivity contribution is -0.121. The van der Waals surface area contributed by atoms with Gasteiger partial charge in [0.2, 0.25) is 5.91 Å². The molecule has 0 aromatic heterocycles. The van der Waals surface area contributed by atoms with Crippen LogP contribution in [0, 0.1) is 5.41 Å². The van der Waals surface area contributed by atoms with Gasteiger partial charge in [-0.25, -0.2) is 0 Å². The summed E-state index contributed by atoms with van der Waals surface area (Å²) >= 11 is 0. The van der Waals surface area contributed by atoms with Crippen molar-refractivity contribution >= 4 is 5.91 Å². The molecule has 1 saturated carbocycles.